The molecule has 58 valence electrons. The first-order chi connectivity index (χ1) is 4.74. The number of nitrogens with one attached hydrogen (secondary N) is 1. The van der Waals surface area contributed by atoms with E-state index < -0.39 is 0 Å². The van der Waals surface area contributed by atoms with Crippen LogP contribution in [0.25, 0.3) is 0 Å². The van der Waals surface area contributed by atoms with E-state index in [0.29, 0.717) is 6.42 Å². The van der Waals surface area contributed by atoms with Gasteiger partial charge in [0.25, 0.3) is 0 Å². The van der Waals surface area contributed by atoms with E-state index in [9.17, 15) is 4.79 Å². The van der Waals surface area contributed by atoms with Gasteiger partial charge < -0.3 is 10.4 Å². The van der Waals surface area contributed by atoms with Crippen molar-refractivity contribution in [2.75, 3.05) is 6.61 Å². The van der Waals surface area contributed by atoms with Gasteiger partial charge in [-0.2, -0.15) is 0 Å². The van der Waals surface area contributed by atoms with Crippen LogP contribution < -0.4 is 5.32 Å². The van der Waals surface area contributed by atoms with Crippen LogP contribution in [0.3, 0.4) is 0 Å². The van der Waals surface area contributed by atoms with E-state index in [1.165, 1.54) is 0 Å². The zero-order valence-electron chi connectivity index (χ0n) is 6.13. The van der Waals surface area contributed by atoms with Crippen LogP contribution in [0.2, 0.25) is 0 Å². The molecule has 3 heteroatoms. The monoisotopic (exact) mass is 143 g/mol. The molecule has 10 heavy (non-hydrogen) atoms. The number of hydrogen-bond acceptors (Lipinski definition) is 2. The summed E-state index contributed by atoms with van der Waals surface area (Å²) in [6, 6.07) is 0.145. The van der Waals surface area contributed by atoms with Crippen LogP contribution in [0.4, 0.5) is 0 Å². The van der Waals surface area contributed by atoms with E-state index >= 15 is 0 Å². The summed E-state index contributed by atoms with van der Waals surface area (Å²) in [4.78, 5) is 10.7. The Morgan fingerprint density at radius 2 is 2.50 bits per heavy atom. The molecule has 0 aromatic carbocycles. The summed E-state index contributed by atoms with van der Waals surface area (Å²) in [5.41, 5.74) is 0. The standard InChI is InChI=1S/C7H13NO2/c1-5-6(4-9)2-3-7(10)8-5/h5-6,9H,2-4H2,1H3,(H,8,10). The Bertz CT molecular complexity index is 136. The summed E-state index contributed by atoms with van der Waals surface area (Å²) in [5.74, 6) is 0.370. The number of hydrogen-bond donors (Lipinski definition) is 2. The summed E-state index contributed by atoms with van der Waals surface area (Å²) in [5, 5.41) is 11.6. The molecule has 1 aliphatic rings. The highest BCUT2D eigenvalue weighted by Gasteiger charge is 2.23. The van der Waals surface area contributed by atoms with Gasteiger partial charge in [-0.15, -0.1) is 0 Å². The Balaban J connectivity index is 2.43. The summed E-state index contributed by atoms with van der Waals surface area (Å²) < 4.78 is 0. The number of amides is 1. The van der Waals surface area contributed by atoms with Crippen molar-refractivity contribution in [1.29, 1.82) is 0 Å². The summed E-state index contributed by atoms with van der Waals surface area (Å²) in [7, 11) is 0. The van der Waals surface area contributed by atoms with Gasteiger partial charge >= 0.3 is 0 Å². The predicted molar refractivity (Wildman–Crippen MR) is 37.4 cm³/mol. The van der Waals surface area contributed by atoms with Crippen molar-refractivity contribution in [2.24, 2.45) is 5.92 Å². The normalized spacial score (nSPS) is 33.6. The lowest BCUT2D eigenvalue weighted by Crippen LogP contribution is -2.44. The Labute approximate surface area is 60.4 Å². The van der Waals surface area contributed by atoms with Gasteiger partial charge in [-0.05, 0) is 13.3 Å². The minimum Gasteiger partial charge on any atom is -0.396 e. The maximum Gasteiger partial charge on any atom is 0.220 e. The van der Waals surface area contributed by atoms with Crippen molar-refractivity contribution in [3.63, 3.8) is 0 Å². The molecule has 1 fully saturated rings. The topological polar surface area (TPSA) is 49.3 Å². The van der Waals surface area contributed by atoms with Gasteiger partial charge in [0.05, 0.1) is 0 Å². The molecule has 1 aliphatic heterocycles. The lowest BCUT2D eigenvalue weighted by molar-refractivity contribution is -0.124. The quantitative estimate of drug-likeness (QED) is 0.538. The van der Waals surface area contributed by atoms with Crippen molar-refractivity contribution >= 4 is 5.91 Å². The maximum atomic E-state index is 10.7. The van der Waals surface area contributed by atoms with E-state index in [2.05, 4.69) is 5.32 Å². The third-order valence-electron chi connectivity index (χ3n) is 2.07. The van der Waals surface area contributed by atoms with Crippen LogP contribution in [0.1, 0.15) is 19.8 Å². The van der Waals surface area contributed by atoms with Crippen LogP contribution in [0.15, 0.2) is 0 Å². The van der Waals surface area contributed by atoms with Gasteiger partial charge in [0.15, 0.2) is 0 Å². The van der Waals surface area contributed by atoms with E-state index in [0.717, 1.165) is 6.42 Å². The van der Waals surface area contributed by atoms with Gasteiger partial charge in [-0.25, -0.2) is 0 Å². The lowest BCUT2D eigenvalue weighted by Gasteiger charge is -2.27. The molecule has 0 spiro atoms. The number of carbonyl (C=O) groups excluding carboxylic acids is 1. The average molecular weight is 143 g/mol. The highest BCUT2D eigenvalue weighted by atomic mass is 16.3. The molecule has 2 unspecified atom stereocenters. The van der Waals surface area contributed by atoms with Crippen LogP contribution in [0, 0.1) is 5.92 Å². The van der Waals surface area contributed by atoms with E-state index in [4.69, 9.17) is 5.11 Å². The molecule has 1 heterocycles. The maximum absolute atomic E-state index is 10.7. The van der Waals surface area contributed by atoms with E-state index in [1.54, 1.807) is 0 Å². The molecule has 2 N–H and O–H groups in total. The second-order valence-corrected chi connectivity index (χ2v) is 2.84. The second-order valence-electron chi connectivity index (χ2n) is 2.84. The van der Waals surface area contributed by atoms with Crippen LogP contribution in [-0.2, 0) is 4.79 Å². The fraction of sp³-hybridized carbons (Fsp3) is 0.857. The van der Waals surface area contributed by atoms with Crippen molar-refractivity contribution in [3.8, 4) is 0 Å². The smallest absolute Gasteiger partial charge is 0.220 e. The second kappa shape index (κ2) is 3.01. The van der Waals surface area contributed by atoms with Gasteiger partial charge in [0, 0.05) is 25.0 Å². The number of carbonyl (C=O) groups is 1. The summed E-state index contributed by atoms with van der Waals surface area (Å²) in [6.07, 6.45) is 1.39. The summed E-state index contributed by atoms with van der Waals surface area (Å²) >= 11 is 0. The van der Waals surface area contributed by atoms with Crippen LogP contribution >= 0.6 is 0 Å². The van der Waals surface area contributed by atoms with E-state index in [-0.39, 0.29) is 24.5 Å². The number of rotatable bonds is 1. The summed E-state index contributed by atoms with van der Waals surface area (Å²) in [6.45, 7) is 2.11. The highest BCUT2D eigenvalue weighted by molar-refractivity contribution is 5.77. The van der Waals surface area contributed by atoms with Gasteiger partial charge in [-0.3, -0.25) is 4.79 Å². The van der Waals surface area contributed by atoms with Gasteiger partial charge in [0.1, 0.15) is 0 Å². The Hall–Kier alpha value is -0.570. The average Bonchev–Trinajstić information content (AvgIpc) is 1.88. The third kappa shape index (κ3) is 1.48. The van der Waals surface area contributed by atoms with Crippen molar-refractivity contribution in [2.45, 2.75) is 25.8 Å². The predicted octanol–water partition coefficient (Wildman–Crippen LogP) is -0.107. The molecule has 1 rings (SSSR count). The number of aliphatic hydroxyl groups excluding tert-OH is 1. The first-order valence-corrected chi connectivity index (χ1v) is 3.64. The highest BCUT2D eigenvalue weighted by Crippen LogP contribution is 2.15. The minimum atomic E-state index is 0.109. The van der Waals surface area contributed by atoms with Crippen LogP contribution in [-0.4, -0.2) is 23.7 Å². The minimum absolute atomic E-state index is 0.109. The molecule has 0 saturated carbocycles. The number of piperidine rings is 1. The fourth-order valence-corrected chi connectivity index (χ4v) is 1.26. The third-order valence-corrected chi connectivity index (χ3v) is 2.07. The molecular weight excluding hydrogens is 130 g/mol. The Morgan fingerprint density at radius 3 is 3.00 bits per heavy atom. The molecule has 1 saturated heterocycles. The first kappa shape index (κ1) is 7.54. The lowest BCUT2D eigenvalue weighted by atomic mass is 9.93. The molecule has 1 amide bonds. The van der Waals surface area contributed by atoms with Crippen molar-refractivity contribution in [3.05, 3.63) is 0 Å². The largest absolute Gasteiger partial charge is 0.396 e. The van der Waals surface area contributed by atoms with Crippen LogP contribution in [0.5, 0.6) is 0 Å². The van der Waals surface area contributed by atoms with Gasteiger partial charge in [-0.1, -0.05) is 0 Å². The molecule has 0 radical (unpaired) electrons. The SMILES string of the molecule is CC1NC(=O)CCC1CO. The Morgan fingerprint density at radius 1 is 1.80 bits per heavy atom. The molecule has 0 aliphatic carbocycles. The zero-order chi connectivity index (χ0) is 7.56. The van der Waals surface area contributed by atoms with E-state index in [1.807, 2.05) is 6.92 Å². The van der Waals surface area contributed by atoms with Crippen molar-refractivity contribution in [1.82, 2.24) is 5.32 Å². The molecule has 2 atom stereocenters. The Kier molecular flexibility index (Phi) is 2.27. The van der Waals surface area contributed by atoms with Crippen molar-refractivity contribution < 1.29 is 9.90 Å². The first-order valence-electron chi connectivity index (χ1n) is 3.64. The number of aliphatic hydroxyl groups is 1. The molecule has 0 aromatic heterocycles. The van der Waals surface area contributed by atoms with Gasteiger partial charge in [0.2, 0.25) is 5.91 Å². The molecule has 0 bridgehead atoms. The fourth-order valence-electron chi connectivity index (χ4n) is 1.26. The zero-order valence-corrected chi connectivity index (χ0v) is 6.13. The molecular formula is C7H13NO2. The molecule has 3 nitrogen and oxygen atoms in total. The molecule has 0 aromatic rings.